The molecule has 41 heavy (non-hydrogen) atoms. The highest BCUT2D eigenvalue weighted by Crippen LogP contribution is 2.50. The zero-order valence-corrected chi connectivity index (χ0v) is 26.6. The summed E-state index contributed by atoms with van der Waals surface area (Å²) in [5, 5.41) is 3.72. The average Bonchev–Trinajstić information content (AvgIpc) is 3.19. The maximum atomic E-state index is 14.6. The summed E-state index contributed by atoms with van der Waals surface area (Å²) in [5.74, 6) is 0.220. The number of methoxy groups -OCH3 is 1. The van der Waals surface area contributed by atoms with Crippen LogP contribution in [-0.2, 0) is 24.4 Å². The molecule has 8 heteroatoms. The maximum Gasteiger partial charge on any atom is 0.490 e. The summed E-state index contributed by atoms with van der Waals surface area (Å²) in [4.78, 5) is 15.7. The minimum Gasteiger partial charge on any atom is -0.497 e. The Morgan fingerprint density at radius 1 is 1.05 bits per heavy atom. The van der Waals surface area contributed by atoms with Gasteiger partial charge in [-0.1, -0.05) is 31.4 Å². The van der Waals surface area contributed by atoms with Gasteiger partial charge in [-0.2, -0.15) is 0 Å². The maximum absolute atomic E-state index is 14.6. The number of carbonyl (C=O) groups is 1. The average molecular weight is 580 g/mol. The van der Waals surface area contributed by atoms with Gasteiger partial charge >= 0.3 is 13.1 Å². The lowest BCUT2D eigenvalue weighted by atomic mass is 9.56. The summed E-state index contributed by atoms with van der Waals surface area (Å²) in [5.41, 5.74) is 0.0396. The van der Waals surface area contributed by atoms with Crippen molar-refractivity contribution in [1.29, 1.82) is 0 Å². The van der Waals surface area contributed by atoms with Crippen LogP contribution in [-0.4, -0.2) is 44.3 Å². The summed E-state index contributed by atoms with van der Waals surface area (Å²) in [6.45, 7) is 15.0. The molecular formula is C33H46BNO5S. The first-order valence-corrected chi connectivity index (χ1v) is 16.0. The van der Waals surface area contributed by atoms with E-state index in [0.717, 1.165) is 53.1 Å². The Morgan fingerprint density at radius 2 is 1.63 bits per heavy atom. The molecule has 0 amide bonds. The molecule has 1 saturated carbocycles. The van der Waals surface area contributed by atoms with Crippen molar-refractivity contribution in [3.8, 4) is 5.75 Å². The molecular weight excluding hydrogens is 533 g/mol. The van der Waals surface area contributed by atoms with Crippen LogP contribution in [0.4, 0.5) is 5.69 Å². The van der Waals surface area contributed by atoms with Crippen LogP contribution in [0.1, 0.15) is 72.3 Å². The molecule has 222 valence electrons. The van der Waals surface area contributed by atoms with Crippen LogP contribution >= 0.6 is 11.8 Å². The van der Waals surface area contributed by atoms with E-state index in [-0.39, 0.29) is 24.4 Å². The van der Waals surface area contributed by atoms with E-state index in [2.05, 4.69) is 24.0 Å². The number of nitrogens with one attached hydrogen (secondary N) is 1. The highest BCUT2D eigenvalue weighted by Gasteiger charge is 2.59. The van der Waals surface area contributed by atoms with Gasteiger partial charge in [-0.3, -0.25) is 0 Å². The predicted molar refractivity (Wildman–Crippen MR) is 168 cm³/mol. The van der Waals surface area contributed by atoms with Gasteiger partial charge in [0, 0.05) is 16.5 Å². The normalized spacial score (nSPS) is 20.6. The second-order valence-corrected chi connectivity index (χ2v) is 13.0. The Balaban J connectivity index is 1.94. The van der Waals surface area contributed by atoms with Gasteiger partial charge in [-0.25, -0.2) is 4.79 Å². The van der Waals surface area contributed by atoms with Gasteiger partial charge in [0.15, 0.2) is 5.54 Å². The van der Waals surface area contributed by atoms with Crippen LogP contribution in [0.3, 0.4) is 0 Å². The predicted octanol–water partition coefficient (Wildman–Crippen LogP) is 7.67. The van der Waals surface area contributed by atoms with Gasteiger partial charge in [0.2, 0.25) is 0 Å². The molecule has 2 fully saturated rings. The summed E-state index contributed by atoms with van der Waals surface area (Å²) in [6.07, 6.45) is 7.41. The lowest BCUT2D eigenvalue weighted by Crippen LogP contribution is -2.55. The molecule has 4 rings (SSSR count). The summed E-state index contributed by atoms with van der Waals surface area (Å²) >= 11 is 1.67. The molecule has 2 aliphatic rings. The minimum atomic E-state index is -1.27. The van der Waals surface area contributed by atoms with Crippen molar-refractivity contribution in [2.75, 3.05) is 25.3 Å². The molecule has 6 nitrogen and oxygen atoms in total. The highest BCUT2D eigenvalue weighted by molar-refractivity contribution is 7.98. The van der Waals surface area contributed by atoms with Gasteiger partial charge in [-0.05, 0) is 107 Å². The number of esters is 1. The molecule has 2 aromatic carbocycles. The fraction of sp³-hybridized carbons (Fsp3) is 0.545. The largest absolute Gasteiger partial charge is 0.497 e. The summed E-state index contributed by atoms with van der Waals surface area (Å²) in [7, 11) is 0.982. The molecule has 0 aromatic heterocycles. The van der Waals surface area contributed by atoms with Gasteiger partial charge in [-0.15, -0.1) is 18.3 Å². The zero-order chi connectivity index (χ0) is 29.8. The van der Waals surface area contributed by atoms with Crippen LogP contribution in [0, 0.1) is 11.8 Å². The van der Waals surface area contributed by atoms with Crippen LogP contribution < -0.4 is 10.1 Å². The molecule has 2 aromatic rings. The van der Waals surface area contributed by atoms with Gasteiger partial charge in [0.1, 0.15) is 5.75 Å². The van der Waals surface area contributed by atoms with E-state index >= 15 is 0 Å². The van der Waals surface area contributed by atoms with Crippen molar-refractivity contribution in [1.82, 2.24) is 0 Å². The van der Waals surface area contributed by atoms with Gasteiger partial charge in [0.05, 0.1) is 24.9 Å². The zero-order valence-electron chi connectivity index (χ0n) is 25.8. The topological polar surface area (TPSA) is 66.0 Å². The molecule has 0 bridgehead atoms. The van der Waals surface area contributed by atoms with Crippen LogP contribution in [0.15, 0.2) is 65.5 Å². The Bertz CT molecular complexity index is 1180. The first-order chi connectivity index (χ1) is 19.5. The quantitative estimate of drug-likeness (QED) is 0.166. The smallest absolute Gasteiger partial charge is 0.490 e. The number of rotatable bonds is 11. The first kappa shape index (κ1) is 31.5. The van der Waals surface area contributed by atoms with Crippen molar-refractivity contribution < 1.29 is 23.6 Å². The van der Waals surface area contributed by atoms with E-state index < -0.39 is 23.9 Å². The Kier molecular flexibility index (Phi) is 9.87. The molecule has 1 saturated heterocycles. The number of hydrogen-bond acceptors (Lipinski definition) is 7. The van der Waals surface area contributed by atoms with Crippen molar-refractivity contribution in [2.45, 2.75) is 88.4 Å². The Hall–Kier alpha value is -2.42. The number of ether oxygens (including phenoxy) is 2. The van der Waals surface area contributed by atoms with Crippen LogP contribution in [0.25, 0.3) is 0 Å². The van der Waals surface area contributed by atoms with Crippen molar-refractivity contribution in [3.05, 3.63) is 66.1 Å². The standard InChI is InChI=1S/C33H46BNO5S/c1-9-38-30(36)33(25-15-21-28(41-8)22-16-25,35-26-17-19-27(37-7)20-18-26)29(24-13-11-10-12-14-24)23(2)34-39-31(3,4)32(5,6)40-34/h15-22,24,29,35H,2,9-14H2,1,3-8H3/t29-,33-/m1/s1. The molecule has 0 unspecified atom stereocenters. The third-order valence-corrected chi connectivity index (χ3v) is 9.86. The summed E-state index contributed by atoms with van der Waals surface area (Å²) in [6, 6.07) is 15.9. The fourth-order valence-corrected chi connectivity index (χ4v) is 6.58. The first-order valence-electron chi connectivity index (χ1n) is 14.8. The van der Waals surface area contributed by atoms with E-state index in [0.29, 0.717) is 0 Å². The van der Waals surface area contributed by atoms with Crippen molar-refractivity contribution >= 4 is 30.5 Å². The number of hydrogen-bond donors (Lipinski definition) is 1. The molecule has 2 atom stereocenters. The number of carbonyl (C=O) groups excluding carboxylic acids is 1. The molecule has 1 aliphatic heterocycles. The second kappa shape index (κ2) is 12.8. The van der Waals surface area contributed by atoms with Crippen LogP contribution in [0.2, 0.25) is 0 Å². The third kappa shape index (κ3) is 6.35. The number of benzene rings is 2. The van der Waals surface area contributed by atoms with Gasteiger partial charge in [0.25, 0.3) is 0 Å². The van der Waals surface area contributed by atoms with E-state index in [1.807, 2.05) is 77.3 Å². The minimum absolute atomic E-state index is 0.172. The molecule has 0 spiro atoms. The fourth-order valence-electron chi connectivity index (χ4n) is 6.17. The third-order valence-electron chi connectivity index (χ3n) is 9.12. The van der Waals surface area contributed by atoms with Crippen molar-refractivity contribution in [3.63, 3.8) is 0 Å². The lowest BCUT2D eigenvalue weighted by Gasteiger charge is -2.46. The van der Waals surface area contributed by atoms with Crippen molar-refractivity contribution in [2.24, 2.45) is 11.8 Å². The summed E-state index contributed by atoms with van der Waals surface area (Å²) < 4.78 is 24.5. The van der Waals surface area contributed by atoms with Gasteiger partial charge < -0.3 is 24.1 Å². The SMILES string of the molecule is C=C(B1OC(C)(C)C(C)(C)O1)[C@H](C1CCCCC1)[C@@](Nc1ccc(OC)cc1)(C(=O)OCC)c1ccc(SC)cc1. The van der Waals surface area contributed by atoms with E-state index in [9.17, 15) is 4.79 Å². The van der Waals surface area contributed by atoms with Crippen LogP contribution in [0.5, 0.6) is 5.75 Å². The molecule has 0 radical (unpaired) electrons. The molecule has 1 heterocycles. The Labute approximate surface area is 251 Å². The lowest BCUT2D eigenvalue weighted by molar-refractivity contribution is -0.151. The highest BCUT2D eigenvalue weighted by atomic mass is 32.2. The Morgan fingerprint density at radius 3 is 2.15 bits per heavy atom. The van der Waals surface area contributed by atoms with E-state index in [4.69, 9.17) is 18.8 Å². The number of anilines is 1. The number of thioether (sulfide) groups is 1. The van der Waals surface area contributed by atoms with E-state index in [1.54, 1.807) is 18.9 Å². The molecule has 1 aliphatic carbocycles. The molecule has 1 N–H and O–H groups in total. The second-order valence-electron chi connectivity index (χ2n) is 12.1. The monoisotopic (exact) mass is 579 g/mol. The van der Waals surface area contributed by atoms with E-state index in [1.165, 1.54) is 6.42 Å².